The number of carbonyl (C=O) groups is 7. The van der Waals surface area contributed by atoms with E-state index in [1.807, 2.05) is 13.8 Å². The number of nitrogens with zero attached hydrogens (tertiary/aromatic N) is 6. The Bertz CT molecular complexity index is 3420. The van der Waals surface area contributed by atoms with Crippen LogP contribution < -0.4 is 4.90 Å². The highest BCUT2D eigenvalue weighted by atomic mass is 32.2. The van der Waals surface area contributed by atoms with Gasteiger partial charge in [0.2, 0.25) is 0 Å². The van der Waals surface area contributed by atoms with E-state index >= 15 is 0 Å². The third-order valence-electron chi connectivity index (χ3n) is 13.7. The third-order valence-corrected chi connectivity index (χ3v) is 16.2. The zero-order valence-corrected chi connectivity index (χ0v) is 48.1. The van der Waals surface area contributed by atoms with Crippen LogP contribution in [0.4, 0.5) is 5.69 Å². The number of hydroxylamine groups is 6. The van der Waals surface area contributed by atoms with Gasteiger partial charge in [-0.25, -0.2) is 19.6 Å². The Morgan fingerprint density at radius 1 is 0.768 bits per heavy atom. The van der Waals surface area contributed by atoms with Gasteiger partial charge in [-0.2, -0.15) is 25.3 Å². The van der Waals surface area contributed by atoms with E-state index in [1.54, 1.807) is 73.4 Å². The van der Waals surface area contributed by atoms with Gasteiger partial charge in [-0.1, -0.05) is 56.7 Å². The number of amides is 5. The van der Waals surface area contributed by atoms with Crippen LogP contribution in [0, 0.1) is 5.41 Å². The smallest absolute Gasteiger partial charge is 0.344 e. The lowest BCUT2D eigenvalue weighted by molar-refractivity contribution is -0.197. The Balaban J connectivity index is 1.24. The Morgan fingerprint density at radius 3 is 1.98 bits per heavy atom. The largest absolute Gasteiger partial charge is 0.363 e. The minimum atomic E-state index is -4.73. The molecule has 3 N–H and O–H groups in total. The maximum Gasteiger partial charge on any atom is 0.363 e. The molecule has 2 aromatic rings. The molecule has 0 saturated carbocycles. The summed E-state index contributed by atoms with van der Waals surface area (Å²) < 4.78 is 101. The predicted molar refractivity (Wildman–Crippen MR) is 296 cm³/mol. The summed E-state index contributed by atoms with van der Waals surface area (Å²) in [7, 11) is -12.0. The number of anilines is 1. The number of carbonyl (C=O) groups excluding carboxylic acids is 7. The van der Waals surface area contributed by atoms with Crippen molar-refractivity contribution in [3.05, 3.63) is 119 Å². The van der Waals surface area contributed by atoms with E-state index in [2.05, 4.69) is 4.99 Å². The van der Waals surface area contributed by atoms with Gasteiger partial charge in [0.15, 0.2) is 5.84 Å². The number of imide groups is 2. The Labute approximate surface area is 474 Å². The fourth-order valence-corrected chi connectivity index (χ4v) is 10.8. The molecule has 0 radical (unpaired) electrons. The molecule has 1 unspecified atom stereocenters. The van der Waals surface area contributed by atoms with Gasteiger partial charge < -0.3 is 14.6 Å². The first kappa shape index (κ1) is 63.8. The first-order chi connectivity index (χ1) is 38.4. The zero-order chi connectivity index (χ0) is 60.4. The van der Waals surface area contributed by atoms with Crippen molar-refractivity contribution < 1.29 is 87.0 Å². The number of unbranched alkanes of at least 4 members (excludes halogenated alkanes) is 2. The van der Waals surface area contributed by atoms with Crippen LogP contribution >= 0.6 is 0 Å². The first-order valence-corrected chi connectivity index (χ1v) is 30.6. The number of likely N-dealkylation sites (N-methyl/N-ethyl adjacent to an activating group) is 1. The molecule has 0 aromatic heterocycles. The van der Waals surface area contributed by atoms with E-state index < -0.39 is 99.1 Å². The van der Waals surface area contributed by atoms with Crippen molar-refractivity contribution in [2.24, 2.45) is 15.4 Å². The van der Waals surface area contributed by atoms with Gasteiger partial charge in [-0.15, -0.1) is 10.1 Å². The zero-order valence-electron chi connectivity index (χ0n) is 45.7. The minimum Gasteiger partial charge on any atom is -0.344 e. The van der Waals surface area contributed by atoms with E-state index in [0.29, 0.717) is 63.2 Å². The van der Waals surface area contributed by atoms with Crippen molar-refractivity contribution in [1.82, 2.24) is 15.2 Å². The van der Waals surface area contributed by atoms with E-state index in [-0.39, 0.29) is 88.0 Å². The number of hydrogen-bond acceptors (Lipinski definition) is 18. The summed E-state index contributed by atoms with van der Waals surface area (Å²) >= 11 is 0. The molecule has 2 aromatic carbocycles. The average molecular weight is 1200 g/mol. The molecular formula is C54H64N6O19S3. The lowest BCUT2D eigenvalue weighted by atomic mass is 9.76. The Hall–Kier alpha value is -7.34. The number of allylic oxidation sites excluding steroid dienone is 7. The normalized spacial score (nSPS) is 20.1. The van der Waals surface area contributed by atoms with Gasteiger partial charge in [0.1, 0.15) is 0 Å². The molecule has 0 bridgehead atoms. The summed E-state index contributed by atoms with van der Waals surface area (Å²) in [4.78, 5) is 113. The molecule has 0 spiro atoms. The van der Waals surface area contributed by atoms with Gasteiger partial charge >= 0.3 is 11.9 Å². The molecule has 1 atom stereocenters. The molecular weight excluding hydrogens is 1130 g/mol. The lowest BCUT2D eigenvalue weighted by Gasteiger charge is -2.30. The highest BCUT2D eigenvalue weighted by Gasteiger charge is 2.45. The molecule has 6 rings (SSSR count). The van der Waals surface area contributed by atoms with Gasteiger partial charge in [-0.05, 0) is 106 Å². The Kier molecular flexibility index (Phi) is 20.8. The van der Waals surface area contributed by atoms with E-state index in [9.17, 15) is 72.5 Å². The SMILES string of the molecule is C/C=C(\C=C1C(=NCCCS(=O)(=O)O)N=C(/C=C/C=C/C=C2/N(CCCS(=O)(=O)O)c3ccc(S(=O)(=O)O)cc3C2(C)Cc2ccc(C(=O)ON3C(=O)CCC3=O)cc2)C1(C)C)C(=O)N(C)OCCCCCC(=O)ON1C(=O)CCC1=O. The second kappa shape index (κ2) is 26.7. The van der Waals surface area contributed by atoms with Gasteiger partial charge in [0.05, 0.1) is 34.3 Å². The number of benzene rings is 2. The van der Waals surface area contributed by atoms with Crippen molar-refractivity contribution in [2.75, 3.05) is 43.1 Å². The Morgan fingerprint density at radius 2 is 1.38 bits per heavy atom. The molecule has 4 heterocycles. The highest BCUT2D eigenvalue weighted by molar-refractivity contribution is 7.86. The molecule has 0 aliphatic carbocycles. The summed E-state index contributed by atoms with van der Waals surface area (Å²) in [5, 5.41) is 1.96. The fourth-order valence-electron chi connectivity index (χ4n) is 9.34. The van der Waals surface area contributed by atoms with Gasteiger partial charge in [-0.3, -0.25) is 47.5 Å². The number of aliphatic imine (C=N–C) groups is 2. The third kappa shape index (κ3) is 16.4. The summed E-state index contributed by atoms with van der Waals surface area (Å²) in [6, 6.07) is 10.0. The molecule has 28 heteroatoms. The minimum absolute atomic E-state index is 0.0147. The van der Waals surface area contributed by atoms with Crippen LogP contribution in [-0.4, -0.2) is 145 Å². The lowest BCUT2D eigenvalue weighted by Crippen LogP contribution is -2.32. The molecule has 5 amide bonds. The van der Waals surface area contributed by atoms with Crippen LogP contribution in [-0.2, 0) is 85.5 Å². The van der Waals surface area contributed by atoms with Crippen molar-refractivity contribution in [1.29, 1.82) is 0 Å². The molecule has 4 aliphatic rings. The van der Waals surface area contributed by atoms with Crippen LogP contribution in [0.25, 0.3) is 0 Å². The van der Waals surface area contributed by atoms with Crippen molar-refractivity contribution in [3.8, 4) is 0 Å². The maximum atomic E-state index is 13.8. The van der Waals surface area contributed by atoms with Crippen LogP contribution in [0.1, 0.15) is 113 Å². The number of hydrogen-bond donors (Lipinski definition) is 3. The summed E-state index contributed by atoms with van der Waals surface area (Å²) in [6.45, 7) is 7.17. The molecule has 82 heavy (non-hydrogen) atoms. The second-order valence-corrected chi connectivity index (χ2v) is 24.7. The monoisotopic (exact) mass is 1200 g/mol. The summed E-state index contributed by atoms with van der Waals surface area (Å²) in [6.07, 6.45) is 12.6. The van der Waals surface area contributed by atoms with Gasteiger partial charge in [0, 0.05) is 85.6 Å². The average Bonchev–Trinajstić information content (AvgIpc) is 4.18. The van der Waals surface area contributed by atoms with E-state index in [4.69, 9.17) is 19.5 Å². The van der Waals surface area contributed by atoms with E-state index in [1.165, 1.54) is 37.4 Å². The van der Waals surface area contributed by atoms with Gasteiger partial charge in [0.25, 0.3) is 59.9 Å². The summed E-state index contributed by atoms with van der Waals surface area (Å²) in [5.41, 5.74) is 1.09. The van der Waals surface area contributed by atoms with Crippen molar-refractivity contribution in [3.63, 3.8) is 0 Å². The predicted octanol–water partition coefficient (Wildman–Crippen LogP) is 5.34. The molecule has 2 saturated heterocycles. The molecule has 25 nitrogen and oxygen atoms in total. The molecule has 4 aliphatic heterocycles. The van der Waals surface area contributed by atoms with Crippen LogP contribution in [0.5, 0.6) is 0 Å². The maximum absolute atomic E-state index is 13.8. The van der Waals surface area contributed by atoms with Crippen LogP contribution in [0.3, 0.4) is 0 Å². The molecule has 442 valence electrons. The topological polar surface area (TPSA) is 348 Å². The number of rotatable bonds is 26. The first-order valence-electron chi connectivity index (χ1n) is 26.0. The quantitative estimate of drug-likeness (QED) is 0.0267. The fraction of sp³-hybridized carbons (Fsp3) is 0.426. The van der Waals surface area contributed by atoms with E-state index in [0.717, 1.165) is 5.06 Å². The standard InChI is InChI=1S/C54H64N6O19S3/c1-6-37(51(66)57(5)77-30-12-8-11-17-49(65)78-59-45(61)24-25-46(59)62)33-41-50(55-28-13-31-80(68,69)70)56-43(53(41,2)3)15-9-7-10-16-44-54(4,35-36-18-20-38(21-19-36)52(67)79-60-47(63)26-27-48(60)64)40-34-39(82(74,75)76)22-23-42(40)58(44)29-14-32-81(71,72)73/h6-7,9-10,15-16,18-23,33-34H,8,11-14,17,24-32,35H2,1-5H3,(H,68,69,70)(H,71,72,73)(H,74,75,76)/b10-7+,15-9+,37-6+,41-33?,44-16+,55-50?. The van der Waals surface area contributed by atoms with Crippen LogP contribution in [0.15, 0.2) is 117 Å². The van der Waals surface area contributed by atoms with Crippen molar-refractivity contribution >= 4 is 89.1 Å². The number of amidine groups is 1. The highest BCUT2D eigenvalue weighted by Crippen LogP contribution is 2.51. The second-order valence-electron chi connectivity index (χ2n) is 20.2. The summed E-state index contributed by atoms with van der Waals surface area (Å²) in [5.74, 6) is -5.66. The molecule has 2 fully saturated rings. The van der Waals surface area contributed by atoms with Crippen LogP contribution in [0.2, 0.25) is 0 Å². The number of fused-ring (bicyclic) bond motifs is 1. The van der Waals surface area contributed by atoms with Crippen molar-refractivity contribution in [2.45, 2.75) is 109 Å².